The van der Waals surface area contributed by atoms with E-state index in [2.05, 4.69) is 21.8 Å². The lowest BCUT2D eigenvalue weighted by Crippen LogP contribution is -2.46. The molecule has 0 saturated heterocycles. The number of hydrogen-bond donors (Lipinski definition) is 2. The molecule has 1 saturated carbocycles. The summed E-state index contributed by atoms with van der Waals surface area (Å²) in [7, 11) is 3.51. The van der Waals surface area contributed by atoms with Crippen molar-refractivity contribution in [1.82, 2.24) is 25.3 Å². The fraction of sp³-hybridized carbons (Fsp3) is 0.476. The zero-order chi connectivity index (χ0) is 19.9. The zero-order valence-electron chi connectivity index (χ0n) is 17.4. The summed E-state index contributed by atoms with van der Waals surface area (Å²) in [5, 5.41) is 11.2. The third-order valence-electron chi connectivity index (χ3n) is 4.97. The van der Waals surface area contributed by atoms with Crippen LogP contribution in [0.25, 0.3) is 5.69 Å². The van der Waals surface area contributed by atoms with E-state index in [0.717, 1.165) is 29.8 Å². The standard InChI is InChI=1S/C21H30N6O.HI/c1-16-12-13-27(25-16)19-11-7-4-8-17(19)14-22-21(23-15-20(28)26(2)3)24-18-9-5-6-10-18;/h4,7-8,11-13,18H,5-6,9-10,14-15H2,1-3H3,(H2,22,23,24);1H. The Bertz CT molecular complexity index is 826. The predicted molar refractivity (Wildman–Crippen MR) is 127 cm³/mol. The highest BCUT2D eigenvalue weighted by atomic mass is 127. The molecule has 0 spiro atoms. The van der Waals surface area contributed by atoms with Gasteiger partial charge in [0, 0.05) is 26.3 Å². The molecule has 3 rings (SSSR count). The Hall–Kier alpha value is -2.10. The normalized spacial score (nSPS) is 14.4. The number of para-hydroxylation sites is 1. The molecule has 0 radical (unpaired) electrons. The van der Waals surface area contributed by atoms with Crippen molar-refractivity contribution in [3.8, 4) is 5.69 Å². The van der Waals surface area contributed by atoms with E-state index < -0.39 is 0 Å². The van der Waals surface area contributed by atoms with Gasteiger partial charge < -0.3 is 15.5 Å². The van der Waals surface area contributed by atoms with Crippen molar-refractivity contribution in [2.45, 2.75) is 45.2 Å². The second-order valence-corrected chi connectivity index (χ2v) is 7.46. The average Bonchev–Trinajstić information content (AvgIpc) is 3.35. The van der Waals surface area contributed by atoms with Crippen LogP contribution >= 0.6 is 24.0 Å². The third-order valence-corrected chi connectivity index (χ3v) is 4.97. The zero-order valence-corrected chi connectivity index (χ0v) is 19.7. The molecule has 2 aromatic rings. The highest BCUT2D eigenvalue weighted by molar-refractivity contribution is 14.0. The van der Waals surface area contributed by atoms with Crippen molar-refractivity contribution in [1.29, 1.82) is 0 Å². The van der Waals surface area contributed by atoms with Crippen LogP contribution in [0.5, 0.6) is 0 Å². The monoisotopic (exact) mass is 510 g/mol. The molecule has 8 heteroatoms. The van der Waals surface area contributed by atoms with E-state index >= 15 is 0 Å². The molecule has 1 aromatic heterocycles. The van der Waals surface area contributed by atoms with Crippen LogP contribution in [0.15, 0.2) is 41.5 Å². The molecule has 158 valence electrons. The van der Waals surface area contributed by atoms with Gasteiger partial charge in [0.1, 0.15) is 0 Å². The van der Waals surface area contributed by atoms with Crippen LogP contribution in [0.2, 0.25) is 0 Å². The van der Waals surface area contributed by atoms with Gasteiger partial charge >= 0.3 is 0 Å². The fourth-order valence-corrected chi connectivity index (χ4v) is 3.32. The Morgan fingerprint density at radius 2 is 1.97 bits per heavy atom. The number of halogens is 1. The van der Waals surface area contributed by atoms with Gasteiger partial charge in [0.05, 0.1) is 24.5 Å². The molecule has 1 heterocycles. The Kier molecular flexibility index (Phi) is 8.94. The number of benzene rings is 1. The van der Waals surface area contributed by atoms with Crippen LogP contribution in [0.3, 0.4) is 0 Å². The number of nitrogens with one attached hydrogen (secondary N) is 2. The number of nitrogens with zero attached hydrogens (tertiary/aromatic N) is 4. The Labute approximate surface area is 190 Å². The summed E-state index contributed by atoms with van der Waals surface area (Å²) in [5.41, 5.74) is 3.08. The van der Waals surface area contributed by atoms with Gasteiger partial charge in [-0.15, -0.1) is 24.0 Å². The molecule has 2 N–H and O–H groups in total. The Morgan fingerprint density at radius 1 is 1.24 bits per heavy atom. The highest BCUT2D eigenvalue weighted by Gasteiger charge is 2.17. The summed E-state index contributed by atoms with van der Waals surface area (Å²) in [5.74, 6) is 0.710. The van der Waals surface area contributed by atoms with Crippen LogP contribution in [-0.2, 0) is 11.3 Å². The number of hydrogen-bond acceptors (Lipinski definition) is 3. The number of aryl methyl sites for hydroxylation is 1. The maximum Gasteiger partial charge on any atom is 0.241 e. The largest absolute Gasteiger partial charge is 0.354 e. The SMILES string of the molecule is Cc1ccn(-c2ccccc2CN=C(NCC(=O)N(C)C)NC2CCCC2)n1.I. The van der Waals surface area contributed by atoms with Gasteiger partial charge in [-0.25, -0.2) is 9.67 Å². The van der Waals surface area contributed by atoms with Crippen molar-refractivity contribution in [2.24, 2.45) is 4.99 Å². The molecule has 1 aromatic carbocycles. The van der Waals surface area contributed by atoms with Gasteiger partial charge in [0.2, 0.25) is 5.91 Å². The van der Waals surface area contributed by atoms with Crippen molar-refractivity contribution < 1.29 is 4.79 Å². The van der Waals surface area contributed by atoms with E-state index in [1.807, 2.05) is 42.1 Å². The van der Waals surface area contributed by atoms with Crippen LogP contribution in [-0.4, -0.2) is 53.2 Å². The molecule has 0 aliphatic heterocycles. The molecule has 7 nitrogen and oxygen atoms in total. The molecule has 1 aliphatic carbocycles. The number of aromatic nitrogens is 2. The quantitative estimate of drug-likeness (QED) is 0.356. The Morgan fingerprint density at radius 3 is 2.62 bits per heavy atom. The molecular formula is C21H31IN6O. The average molecular weight is 510 g/mol. The van der Waals surface area contributed by atoms with E-state index in [1.165, 1.54) is 12.8 Å². The van der Waals surface area contributed by atoms with Gasteiger partial charge in [-0.3, -0.25) is 4.79 Å². The first-order valence-corrected chi connectivity index (χ1v) is 9.88. The molecule has 0 atom stereocenters. The number of carbonyl (C=O) groups excluding carboxylic acids is 1. The van der Waals surface area contributed by atoms with Gasteiger partial charge in [0.15, 0.2) is 5.96 Å². The molecule has 1 amide bonds. The van der Waals surface area contributed by atoms with Crippen LogP contribution in [0, 0.1) is 6.92 Å². The van der Waals surface area contributed by atoms with Gasteiger partial charge in [-0.1, -0.05) is 31.0 Å². The molecule has 0 unspecified atom stereocenters. The minimum atomic E-state index is 0. The summed E-state index contributed by atoms with van der Waals surface area (Å²) in [6.07, 6.45) is 6.73. The highest BCUT2D eigenvalue weighted by Crippen LogP contribution is 2.18. The van der Waals surface area contributed by atoms with E-state index in [4.69, 9.17) is 4.99 Å². The molecule has 29 heavy (non-hydrogen) atoms. The summed E-state index contributed by atoms with van der Waals surface area (Å²) >= 11 is 0. The first-order chi connectivity index (χ1) is 13.5. The van der Waals surface area contributed by atoms with E-state index in [1.54, 1.807) is 19.0 Å². The minimum Gasteiger partial charge on any atom is -0.354 e. The lowest BCUT2D eigenvalue weighted by Gasteiger charge is -2.18. The topological polar surface area (TPSA) is 74.6 Å². The number of guanidine groups is 1. The maximum absolute atomic E-state index is 12.0. The first kappa shape index (κ1) is 23.2. The molecule has 1 fully saturated rings. The number of amides is 1. The molecular weight excluding hydrogens is 479 g/mol. The van der Waals surface area contributed by atoms with Crippen molar-refractivity contribution in [3.05, 3.63) is 47.8 Å². The van der Waals surface area contributed by atoms with E-state index in [0.29, 0.717) is 18.5 Å². The predicted octanol–water partition coefficient (Wildman–Crippen LogP) is 2.86. The summed E-state index contributed by atoms with van der Waals surface area (Å²) in [4.78, 5) is 18.3. The fourth-order valence-electron chi connectivity index (χ4n) is 3.32. The molecule has 0 bridgehead atoms. The second kappa shape index (κ2) is 11.2. The number of likely N-dealkylation sites (N-methyl/N-ethyl adjacent to an activating group) is 1. The Balaban J connectivity index is 0.00000300. The lowest BCUT2D eigenvalue weighted by molar-refractivity contribution is -0.127. The summed E-state index contributed by atoms with van der Waals surface area (Å²) < 4.78 is 1.88. The van der Waals surface area contributed by atoms with Crippen molar-refractivity contribution in [2.75, 3.05) is 20.6 Å². The van der Waals surface area contributed by atoms with E-state index in [-0.39, 0.29) is 36.4 Å². The van der Waals surface area contributed by atoms with Gasteiger partial charge in [-0.05, 0) is 37.5 Å². The number of carbonyl (C=O) groups is 1. The number of aliphatic imine (C=N–C) groups is 1. The van der Waals surface area contributed by atoms with Crippen LogP contribution in [0.4, 0.5) is 0 Å². The second-order valence-electron chi connectivity index (χ2n) is 7.46. The summed E-state index contributed by atoms with van der Waals surface area (Å²) in [6.45, 7) is 2.71. The van der Waals surface area contributed by atoms with Crippen molar-refractivity contribution >= 4 is 35.8 Å². The van der Waals surface area contributed by atoms with E-state index in [9.17, 15) is 4.79 Å². The third kappa shape index (κ3) is 6.73. The smallest absolute Gasteiger partial charge is 0.241 e. The lowest BCUT2D eigenvalue weighted by atomic mass is 10.2. The van der Waals surface area contributed by atoms with Gasteiger partial charge in [0.25, 0.3) is 0 Å². The van der Waals surface area contributed by atoms with Gasteiger partial charge in [-0.2, -0.15) is 5.10 Å². The first-order valence-electron chi connectivity index (χ1n) is 9.88. The number of rotatable bonds is 6. The molecule has 1 aliphatic rings. The van der Waals surface area contributed by atoms with Crippen LogP contribution in [0.1, 0.15) is 36.9 Å². The summed E-state index contributed by atoms with van der Waals surface area (Å²) in [6, 6.07) is 10.5. The van der Waals surface area contributed by atoms with Crippen molar-refractivity contribution in [3.63, 3.8) is 0 Å². The maximum atomic E-state index is 12.0. The minimum absolute atomic E-state index is 0. The van der Waals surface area contributed by atoms with Crippen LogP contribution < -0.4 is 10.6 Å².